The summed E-state index contributed by atoms with van der Waals surface area (Å²) in [5.74, 6) is 5.92. The molecule has 17 heavy (non-hydrogen) atoms. The second-order valence-electron chi connectivity index (χ2n) is 4.09. The maximum atomic E-state index is 11.5. The Morgan fingerprint density at radius 1 is 1.47 bits per heavy atom. The van der Waals surface area contributed by atoms with Crippen molar-refractivity contribution in [3.63, 3.8) is 0 Å². The van der Waals surface area contributed by atoms with E-state index in [1.807, 2.05) is 13.8 Å². The molecule has 1 saturated heterocycles. The fourth-order valence-electron chi connectivity index (χ4n) is 1.94. The topological polar surface area (TPSA) is 41.6 Å². The van der Waals surface area contributed by atoms with Crippen molar-refractivity contribution in [3.8, 4) is 11.8 Å². The summed E-state index contributed by atoms with van der Waals surface area (Å²) in [5.41, 5.74) is 0. The van der Waals surface area contributed by atoms with Crippen molar-refractivity contribution in [2.45, 2.75) is 39.2 Å². The number of ether oxygens (including phenoxy) is 1. The predicted octanol–water partition coefficient (Wildman–Crippen LogP) is 1.61. The number of rotatable bonds is 4. The van der Waals surface area contributed by atoms with Crippen molar-refractivity contribution in [3.05, 3.63) is 0 Å². The zero-order valence-electron chi connectivity index (χ0n) is 10.8. The fraction of sp³-hybridized carbons (Fsp3) is 0.769. The number of amides is 1. The van der Waals surface area contributed by atoms with Gasteiger partial charge in [-0.1, -0.05) is 0 Å². The van der Waals surface area contributed by atoms with Gasteiger partial charge in [0.05, 0.1) is 6.61 Å². The van der Waals surface area contributed by atoms with Gasteiger partial charge in [0, 0.05) is 32.1 Å². The molecule has 0 aromatic rings. The summed E-state index contributed by atoms with van der Waals surface area (Å²) in [4.78, 5) is 13.3. The molecule has 0 bridgehead atoms. The van der Waals surface area contributed by atoms with Gasteiger partial charge in [0.1, 0.15) is 0 Å². The van der Waals surface area contributed by atoms with E-state index in [-0.39, 0.29) is 6.09 Å². The molecule has 4 nitrogen and oxygen atoms in total. The van der Waals surface area contributed by atoms with Crippen LogP contribution in [0.25, 0.3) is 0 Å². The third-order valence-corrected chi connectivity index (χ3v) is 2.88. The van der Waals surface area contributed by atoms with Crippen LogP contribution >= 0.6 is 0 Å². The molecule has 0 saturated carbocycles. The van der Waals surface area contributed by atoms with E-state index in [0.29, 0.717) is 12.6 Å². The van der Waals surface area contributed by atoms with E-state index in [9.17, 15) is 4.79 Å². The summed E-state index contributed by atoms with van der Waals surface area (Å²) in [7, 11) is 0. The van der Waals surface area contributed by atoms with Gasteiger partial charge in [-0.05, 0) is 26.7 Å². The highest BCUT2D eigenvalue weighted by Gasteiger charge is 2.22. The Morgan fingerprint density at radius 2 is 2.18 bits per heavy atom. The molecule has 0 radical (unpaired) electrons. The third kappa shape index (κ3) is 5.10. The summed E-state index contributed by atoms with van der Waals surface area (Å²) in [6.07, 6.45) is 2.72. The number of hydrogen-bond donors (Lipinski definition) is 1. The second kappa shape index (κ2) is 7.97. The van der Waals surface area contributed by atoms with Crippen LogP contribution in [0.5, 0.6) is 0 Å². The van der Waals surface area contributed by atoms with Crippen LogP contribution < -0.4 is 5.32 Å². The highest BCUT2D eigenvalue weighted by Crippen LogP contribution is 2.11. The van der Waals surface area contributed by atoms with E-state index in [4.69, 9.17) is 4.74 Å². The lowest BCUT2D eigenvalue weighted by atomic mass is 10.1. The van der Waals surface area contributed by atoms with Gasteiger partial charge in [-0.15, -0.1) is 11.8 Å². The first kappa shape index (κ1) is 13.9. The molecule has 1 N–H and O–H groups in total. The zero-order valence-corrected chi connectivity index (χ0v) is 10.8. The number of hydrogen-bond acceptors (Lipinski definition) is 3. The van der Waals surface area contributed by atoms with Crippen molar-refractivity contribution in [2.24, 2.45) is 0 Å². The number of carbonyl (C=O) groups is 1. The zero-order chi connectivity index (χ0) is 12.5. The lowest BCUT2D eigenvalue weighted by molar-refractivity contribution is 0.0952. The molecule has 1 rings (SSSR count). The van der Waals surface area contributed by atoms with Crippen LogP contribution in [0.1, 0.15) is 33.1 Å². The van der Waals surface area contributed by atoms with E-state index >= 15 is 0 Å². The Bertz CT molecular complexity index is 286. The molecule has 0 spiro atoms. The highest BCUT2D eigenvalue weighted by molar-refractivity contribution is 5.67. The third-order valence-electron chi connectivity index (χ3n) is 2.88. The van der Waals surface area contributed by atoms with E-state index in [1.54, 1.807) is 4.90 Å². The van der Waals surface area contributed by atoms with E-state index in [1.165, 1.54) is 0 Å². The minimum atomic E-state index is -0.178. The Balaban J connectivity index is 2.16. The van der Waals surface area contributed by atoms with Crippen LogP contribution in [0.3, 0.4) is 0 Å². The maximum absolute atomic E-state index is 11.5. The van der Waals surface area contributed by atoms with Crippen LogP contribution in [-0.4, -0.2) is 43.3 Å². The average Bonchev–Trinajstić information content (AvgIpc) is 2.36. The molecule has 1 aliphatic heterocycles. The molecule has 0 aromatic heterocycles. The molecule has 1 fully saturated rings. The minimum Gasteiger partial charge on any atom is -0.450 e. The molecule has 1 amide bonds. The Labute approximate surface area is 104 Å². The van der Waals surface area contributed by atoms with E-state index in [0.717, 1.165) is 38.9 Å². The molecule has 96 valence electrons. The Hall–Kier alpha value is -1.21. The van der Waals surface area contributed by atoms with Crippen LogP contribution in [0.2, 0.25) is 0 Å². The quantitative estimate of drug-likeness (QED) is 0.597. The SMILES string of the molecule is CC#CCCNC1CCN(C(=O)OCC)CC1. The number of piperidine rings is 1. The predicted molar refractivity (Wildman–Crippen MR) is 67.7 cm³/mol. The highest BCUT2D eigenvalue weighted by atomic mass is 16.6. The summed E-state index contributed by atoms with van der Waals surface area (Å²) in [6, 6.07) is 0.513. The molecular weight excluding hydrogens is 216 g/mol. The van der Waals surface area contributed by atoms with Gasteiger partial charge in [0.25, 0.3) is 0 Å². The molecule has 0 atom stereocenters. The summed E-state index contributed by atoms with van der Waals surface area (Å²) < 4.78 is 4.98. The van der Waals surface area contributed by atoms with Crippen LogP contribution in [0, 0.1) is 11.8 Å². The molecule has 0 aliphatic carbocycles. The standard InChI is InChI=1S/C13H22N2O2/c1-3-5-6-9-14-12-7-10-15(11-8-12)13(16)17-4-2/h12,14H,4,6-11H2,1-2H3. The smallest absolute Gasteiger partial charge is 0.409 e. The van der Waals surface area contributed by atoms with Crippen molar-refractivity contribution in [2.75, 3.05) is 26.2 Å². The minimum absolute atomic E-state index is 0.178. The maximum Gasteiger partial charge on any atom is 0.409 e. The normalized spacial score (nSPS) is 16.2. The van der Waals surface area contributed by atoms with Crippen LogP contribution in [0.15, 0.2) is 0 Å². The Kier molecular flexibility index (Phi) is 6.49. The summed E-state index contributed by atoms with van der Waals surface area (Å²) in [5, 5.41) is 3.47. The van der Waals surface area contributed by atoms with Gasteiger partial charge < -0.3 is 15.0 Å². The summed E-state index contributed by atoms with van der Waals surface area (Å²) >= 11 is 0. The van der Waals surface area contributed by atoms with E-state index in [2.05, 4.69) is 17.2 Å². The first-order valence-corrected chi connectivity index (χ1v) is 6.32. The first-order chi connectivity index (χ1) is 8.27. The van der Waals surface area contributed by atoms with Gasteiger partial charge in [-0.25, -0.2) is 4.79 Å². The molecular formula is C13H22N2O2. The van der Waals surface area contributed by atoms with Crippen molar-refractivity contribution >= 4 is 6.09 Å². The first-order valence-electron chi connectivity index (χ1n) is 6.32. The van der Waals surface area contributed by atoms with Crippen LogP contribution in [0.4, 0.5) is 4.79 Å². The van der Waals surface area contributed by atoms with Gasteiger partial charge in [-0.3, -0.25) is 0 Å². The average molecular weight is 238 g/mol. The second-order valence-corrected chi connectivity index (χ2v) is 4.09. The van der Waals surface area contributed by atoms with Crippen molar-refractivity contribution < 1.29 is 9.53 Å². The van der Waals surface area contributed by atoms with Crippen molar-refractivity contribution in [1.82, 2.24) is 10.2 Å². The molecule has 0 unspecified atom stereocenters. The van der Waals surface area contributed by atoms with E-state index < -0.39 is 0 Å². The van der Waals surface area contributed by atoms with Crippen LogP contribution in [-0.2, 0) is 4.74 Å². The monoisotopic (exact) mass is 238 g/mol. The van der Waals surface area contributed by atoms with Gasteiger partial charge in [0.15, 0.2) is 0 Å². The lowest BCUT2D eigenvalue weighted by Gasteiger charge is -2.31. The number of carbonyl (C=O) groups excluding carboxylic acids is 1. The number of nitrogens with one attached hydrogen (secondary N) is 1. The molecule has 0 aromatic carbocycles. The molecule has 4 heteroatoms. The van der Waals surface area contributed by atoms with Crippen molar-refractivity contribution in [1.29, 1.82) is 0 Å². The summed E-state index contributed by atoms with van der Waals surface area (Å²) in [6.45, 7) is 6.66. The van der Waals surface area contributed by atoms with Gasteiger partial charge >= 0.3 is 6.09 Å². The fourth-order valence-corrected chi connectivity index (χ4v) is 1.94. The largest absolute Gasteiger partial charge is 0.450 e. The lowest BCUT2D eigenvalue weighted by Crippen LogP contribution is -2.45. The molecule has 1 aliphatic rings. The van der Waals surface area contributed by atoms with Gasteiger partial charge in [0.2, 0.25) is 0 Å². The van der Waals surface area contributed by atoms with Gasteiger partial charge in [-0.2, -0.15) is 0 Å². The number of likely N-dealkylation sites (tertiary alicyclic amines) is 1. The number of nitrogens with zero attached hydrogens (tertiary/aromatic N) is 1. The Morgan fingerprint density at radius 3 is 2.76 bits per heavy atom. The molecule has 1 heterocycles.